The first-order valence-corrected chi connectivity index (χ1v) is 8.10. The van der Waals surface area contributed by atoms with Crippen LogP contribution >= 0.6 is 11.6 Å². The topological polar surface area (TPSA) is 21.3 Å². The van der Waals surface area contributed by atoms with E-state index < -0.39 is 0 Å². The summed E-state index contributed by atoms with van der Waals surface area (Å²) in [4.78, 5) is 0. The highest BCUT2D eigenvalue weighted by molar-refractivity contribution is 6.30. The third-order valence-corrected chi connectivity index (χ3v) is 4.07. The minimum Gasteiger partial charge on any atom is -0.378 e. The van der Waals surface area contributed by atoms with Crippen LogP contribution in [0, 0.1) is 5.92 Å². The van der Waals surface area contributed by atoms with Crippen LogP contribution in [-0.4, -0.2) is 25.8 Å². The normalized spacial score (nSPS) is 20.5. The highest BCUT2D eigenvalue weighted by Crippen LogP contribution is 2.28. The van der Waals surface area contributed by atoms with Gasteiger partial charge in [-0.15, -0.1) is 0 Å². The molecule has 0 amide bonds. The highest BCUT2D eigenvalue weighted by Gasteiger charge is 2.22. The SMILES string of the molecule is CC(C)CNCC(CC1CCCO1)c1cccc(Cl)c1. The van der Waals surface area contributed by atoms with Crippen LogP contribution in [0.2, 0.25) is 5.02 Å². The van der Waals surface area contributed by atoms with Gasteiger partial charge in [-0.05, 0) is 55.3 Å². The molecule has 1 fully saturated rings. The molecule has 0 aliphatic carbocycles. The lowest BCUT2D eigenvalue weighted by molar-refractivity contribution is 0.0976. The van der Waals surface area contributed by atoms with Crippen LogP contribution in [-0.2, 0) is 4.74 Å². The van der Waals surface area contributed by atoms with Gasteiger partial charge in [-0.1, -0.05) is 37.6 Å². The van der Waals surface area contributed by atoms with Gasteiger partial charge in [0.2, 0.25) is 0 Å². The molecular formula is C17H26ClNO. The van der Waals surface area contributed by atoms with E-state index in [2.05, 4.69) is 31.3 Å². The summed E-state index contributed by atoms with van der Waals surface area (Å²) in [6, 6.07) is 8.26. The van der Waals surface area contributed by atoms with Gasteiger partial charge in [-0.3, -0.25) is 0 Å². The summed E-state index contributed by atoms with van der Waals surface area (Å²) < 4.78 is 5.80. The van der Waals surface area contributed by atoms with E-state index in [0.29, 0.717) is 17.9 Å². The van der Waals surface area contributed by atoms with Crippen LogP contribution in [0.25, 0.3) is 0 Å². The number of hydrogen-bond donors (Lipinski definition) is 1. The fourth-order valence-corrected chi connectivity index (χ4v) is 2.99. The zero-order valence-corrected chi connectivity index (χ0v) is 13.3. The van der Waals surface area contributed by atoms with Gasteiger partial charge < -0.3 is 10.1 Å². The largest absolute Gasteiger partial charge is 0.378 e. The lowest BCUT2D eigenvalue weighted by atomic mass is 9.92. The number of ether oxygens (including phenoxy) is 1. The molecule has 2 atom stereocenters. The molecule has 1 aliphatic heterocycles. The monoisotopic (exact) mass is 295 g/mol. The van der Waals surface area contributed by atoms with Crippen molar-refractivity contribution in [1.82, 2.24) is 5.32 Å². The van der Waals surface area contributed by atoms with Crippen molar-refractivity contribution in [2.45, 2.75) is 45.1 Å². The predicted molar refractivity (Wildman–Crippen MR) is 85.5 cm³/mol. The minimum atomic E-state index is 0.417. The molecule has 112 valence electrons. The fourth-order valence-electron chi connectivity index (χ4n) is 2.79. The average molecular weight is 296 g/mol. The van der Waals surface area contributed by atoms with E-state index in [-0.39, 0.29) is 0 Å². The van der Waals surface area contributed by atoms with Crippen molar-refractivity contribution in [2.75, 3.05) is 19.7 Å². The van der Waals surface area contributed by atoms with Gasteiger partial charge in [0.25, 0.3) is 0 Å². The molecule has 0 aromatic heterocycles. The van der Waals surface area contributed by atoms with E-state index in [0.717, 1.165) is 31.1 Å². The second-order valence-electron chi connectivity index (χ2n) is 6.17. The molecule has 2 nitrogen and oxygen atoms in total. The van der Waals surface area contributed by atoms with Crippen molar-refractivity contribution >= 4 is 11.6 Å². The number of hydrogen-bond acceptors (Lipinski definition) is 2. The average Bonchev–Trinajstić information content (AvgIpc) is 2.90. The summed E-state index contributed by atoms with van der Waals surface area (Å²) in [7, 11) is 0. The van der Waals surface area contributed by atoms with E-state index in [9.17, 15) is 0 Å². The molecule has 1 aromatic carbocycles. The van der Waals surface area contributed by atoms with Crippen molar-refractivity contribution in [3.05, 3.63) is 34.9 Å². The number of halogens is 1. The van der Waals surface area contributed by atoms with Crippen LogP contribution in [0.4, 0.5) is 0 Å². The Morgan fingerprint density at radius 3 is 2.85 bits per heavy atom. The molecule has 0 saturated carbocycles. The van der Waals surface area contributed by atoms with Crippen molar-refractivity contribution in [2.24, 2.45) is 5.92 Å². The summed E-state index contributed by atoms with van der Waals surface area (Å²) in [5.41, 5.74) is 1.32. The zero-order chi connectivity index (χ0) is 14.4. The summed E-state index contributed by atoms with van der Waals surface area (Å²) in [6.07, 6.45) is 3.90. The minimum absolute atomic E-state index is 0.417. The Kier molecular flexibility index (Phi) is 6.34. The number of rotatable bonds is 7. The molecule has 2 rings (SSSR count). The Hall–Kier alpha value is -0.570. The first-order valence-electron chi connectivity index (χ1n) is 7.73. The summed E-state index contributed by atoms with van der Waals surface area (Å²) in [5.74, 6) is 1.16. The summed E-state index contributed by atoms with van der Waals surface area (Å²) in [6.45, 7) is 7.45. The Morgan fingerprint density at radius 2 is 2.20 bits per heavy atom. The van der Waals surface area contributed by atoms with Gasteiger partial charge in [-0.2, -0.15) is 0 Å². The van der Waals surface area contributed by atoms with Crippen molar-refractivity contribution in [1.29, 1.82) is 0 Å². The molecule has 1 saturated heterocycles. The second-order valence-corrected chi connectivity index (χ2v) is 6.61. The Morgan fingerprint density at radius 1 is 1.35 bits per heavy atom. The fraction of sp³-hybridized carbons (Fsp3) is 0.647. The van der Waals surface area contributed by atoms with Crippen molar-refractivity contribution in [3.8, 4) is 0 Å². The lowest BCUT2D eigenvalue weighted by Gasteiger charge is -2.22. The van der Waals surface area contributed by atoms with Gasteiger partial charge in [0.1, 0.15) is 0 Å². The van der Waals surface area contributed by atoms with Crippen LogP contribution in [0.1, 0.15) is 44.6 Å². The van der Waals surface area contributed by atoms with E-state index >= 15 is 0 Å². The molecule has 2 unspecified atom stereocenters. The van der Waals surface area contributed by atoms with Gasteiger partial charge >= 0.3 is 0 Å². The van der Waals surface area contributed by atoms with Gasteiger partial charge in [-0.25, -0.2) is 0 Å². The zero-order valence-electron chi connectivity index (χ0n) is 12.6. The van der Waals surface area contributed by atoms with Gasteiger partial charge in [0.15, 0.2) is 0 Å². The van der Waals surface area contributed by atoms with Gasteiger partial charge in [0, 0.05) is 18.2 Å². The predicted octanol–water partition coefficient (Wildman–Crippen LogP) is 4.24. The molecule has 1 aliphatic rings. The van der Waals surface area contributed by atoms with Gasteiger partial charge in [0.05, 0.1) is 6.10 Å². The van der Waals surface area contributed by atoms with E-state index in [4.69, 9.17) is 16.3 Å². The van der Waals surface area contributed by atoms with Crippen molar-refractivity contribution in [3.63, 3.8) is 0 Å². The molecule has 1 aromatic rings. The lowest BCUT2D eigenvalue weighted by Crippen LogP contribution is -2.27. The van der Waals surface area contributed by atoms with E-state index in [1.165, 1.54) is 18.4 Å². The molecule has 1 heterocycles. The molecule has 3 heteroatoms. The quantitative estimate of drug-likeness (QED) is 0.812. The Labute approximate surface area is 127 Å². The first-order chi connectivity index (χ1) is 9.65. The maximum absolute atomic E-state index is 6.14. The summed E-state index contributed by atoms with van der Waals surface area (Å²) in [5, 5.41) is 4.40. The van der Waals surface area contributed by atoms with Crippen molar-refractivity contribution < 1.29 is 4.74 Å². The highest BCUT2D eigenvalue weighted by atomic mass is 35.5. The van der Waals surface area contributed by atoms with Crippen LogP contribution in [0.5, 0.6) is 0 Å². The van der Waals surface area contributed by atoms with E-state index in [1.807, 2.05) is 12.1 Å². The molecule has 20 heavy (non-hydrogen) atoms. The Bertz CT molecular complexity index is 402. The number of benzene rings is 1. The first kappa shape index (κ1) is 15.8. The molecule has 0 bridgehead atoms. The standard InChI is InChI=1S/C17H26ClNO/c1-13(2)11-19-12-15(10-17-7-4-8-20-17)14-5-3-6-16(18)9-14/h3,5-6,9,13,15,17,19H,4,7-8,10-12H2,1-2H3. The van der Waals surface area contributed by atoms with Crippen LogP contribution in [0.15, 0.2) is 24.3 Å². The summed E-state index contributed by atoms with van der Waals surface area (Å²) >= 11 is 6.14. The third-order valence-electron chi connectivity index (χ3n) is 3.83. The molecular weight excluding hydrogens is 270 g/mol. The smallest absolute Gasteiger partial charge is 0.0582 e. The number of nitrogens with one attached hydrogen (secondary N) is 1. The van der Waals surface area contributed by atoms with Crippen LogP contribution < -0.4 is 5.32 Å². The Balaban J connectivity index is 1.98. The van der Waals surface area contributed by atoms with E-state index in [1.54, 1.807) is 0 Å². The second kappa shape index (κ2) is 8.02. The van der Waals surface area contributed by atoms with Crippen LogP contribution in [0.3, 0.4) is 0 Å². The maximum atomic E-state index is 6.14. The molecule has 0 spiro atoms. The molecule has 0 radical (unpaired) electrons. The maximum Gasteiger partial charge on any atom is 0.0582 e. The third kappa shape index (κ3) is 5.08. The molecule has 1 N–H and O–H groups in total.